The maximum Gasteiger partial charge on any atom is 0.341 e. The molecule has 7 heteroatoms. The van der Waals surface area contributed by atoms with Crippen molar-refractivity contribution in [1.29, 1.82) is 5.26 Å². The summed E-state index contributed by atoms with van der Waals surface area (Å²) in [5.41, 5.74) is 1.42. The highest BCUT2D eigenvalue weighted by Gasteiger charge is 2.13. The van der Waals surface area contributed by atoms with Crippen molar-refractivity contribution >= 4 is 5.97 Å². The first-order valence-corrected chi connectivity index (χ1v) is 7.86. The summed E-state index contributed by atoms with van der Waals surface area (Å²) in [5, 5.41) is 17.9. The number of aromatic nitrogens is 1. The second kappa shape index (κ2) is 7.54. The van der Waals surface area contributed by atoms with Crippen LogP contribution >= 0.6 is 0 Å². The van der Waals surface area contributed by atoms with Gasteiger partial charge in [-0.2, -0.15) is 5.26 Å². The first-order chi connectivity index (χ1) is 13.0. The first kappa shape index (κ1) is 17.9. The van der Waals surface area contributed by atoms with Gasteiger partial charge in [0.05, 0.1) is 0 Å². The van der Waals surface area contributed by atoms with E-state index in [9.17, 15) is 19.2 Å². The van der Waals surface area contributed by atoms with Crippen LogP contribution in [0.15, 0.2) is 59.4 Å². The monoisotopic (exact) mass is 364 g/mol. The molecule has 0 bridgehead atoms. The van der Waals surface area contributed by atoms with Crippen molar-refractivity contribution in [2.45, 2.75) is 0 Å². The predicted octanol–water partition coefficient (Wildman–Crippen LogP) is 3.18. The summed E-state index contributed by atoms with van der Waals surface area (Å²) in [7, 11) is 0. The summed E-state index contributed by atoms with van der Waals surface area (Å²) in [5.74, 6) is -1.13. The van der Waals surface area contributed by atoms with Gasteiger partial charge in [-0.3, -0.25) is 4.79 Å². The summed E-state index contributed by atoms with van der Waals surface area (Å²) in [6.45, 7) is -0.457. The lowest BCUT2D eigenvalue weighted by atomic mass is 9.99. The highest BCUT2D eigenvalue weighted by molar-refractivity contribution is 5.75. The van der Waals surface area contributed by atoms with Crippen LogP contribution in [0.4, 0.5) is 4.39 Å². The van der Waals surface area contributed by atoms with Gasteiger partial charge >= 0.3 is 5.97 Å². The number of carbonyl (C=O) groups is 1. The zero-order chi connectivity index (χ0) is 19.4. The highest BCUT2D eigenvalue weighted by atomic mass is 19.1. The Labute approximate surface area is 153 Å². The third-order valence-electron chi connectivity index (χ3n) is 3.83. The lowest BCUT2D eigenvalue weighted by molar-refractivity contribution is -0.139. The van der Waals surface area contributed by atoms with Gasteiger partial charge in [-0.05, 0) is 53.6 Å². The summed E-state index contributed by atoms with van der Waals surface area (Å²) in [6, 6.07) is 15.5. The molecule has 0 atom stereocenters. The third-order valence-corrected chi connectivity index (χ3v) is 3.83. The summed E-state index contributed by atoms with van der Waals surface area (Å²) in [4.78, 5) is 25.5. The van der Waals surface area contributed by atoms with E-state index in [-0.39, 0.29) is 5.56 Å². The van der Waals surface area contributed by atoms with E-state index < -0.39 is 24.0 Å². The number of halogens is 1. The fourth-order valence-corrected chi connectivity index (χ4v) is 2.56. The Kier molecular flexibility index (Phi) is 4.99. The molecule has 0 amide bonds. The van der Waals surface area contributed by atoms with E-state index in [0.717, 1.165) is 0 Å². The normalized spacial score (nSPS) is 10.2. The average Bonchev–Trinajstić information content (AvgIpc) is 2.67. The van der Waals surface area contributed by atoms with Gasteiger partial charge in [0.25, 0.3) is 5.56 Å². The molecule has 0 spiro atoms. The Morgan fingerprint density at radius 1 is 1.11 bits per heavy atom. The van der Waals surface area contributed by atoms with Gasteiger partial charge in [0.2, 0.25) is 0 Å². The number of aromatic amines is 1. The van der Waals surface area contributed by atoms with Gasteiger partial charge < -0.3 is 14.8 Å². The summed E-state index contributed by atoms with van der Waals surface area (Å²) in [6.07, 6.45) is 0. The van der Waals surface area contributed by atoms with Gasteiger partial charge in [-0.25, -0.2) is 9.18 Å². The number of hydrogen-bond acceptors (Lipinski definition) is 4. The van der Waals surface area contributed by atoms with Crippen LogP contribution in [0.2, 0.25) is 0 Å². The Morgan fingerprint density at radius 3 is 2.33 bits per heavy atom. The zero-order valence-electron chi connectivity index (χ0n) is 13.9. The topological polar surface area (TPSA) is 103 Å². The molecular weight excluding hydrogens is 351 g/mol. The van der Waals surface area contributed by atoms with Crippen molar-refractivity contribution in [1.82, 2.24) is 4.98 Å². The van der Waals surface area contributed by atoms with E-state index in [1.54, 1.807) is 30.3 Å². The number of nitriles is 1. The second-order valence-corrected chi connectivity index (χ2v) is 5.63. The van der Waals surface area contributed by atoms with E-state index in [4.69, 9.17) is 9.84 Å². The van der Waals surface area contributed by atoms with Crippen LogP contribution < -0.4 is 10.3 Å². The van der Waals surface area contributed by atoms with Crippen molar-refractivity contribution in [2.24, 2.45) is 0 Å². The minimum atomic E-state index is -1.08. The van der Waals surface area contributed by atoms with E-state index in [1.165, 1.54) is 24.3 Å². The predicted molar refractivity (Wildman–Crippen MR) is 95.7 cm³/mol. The van der Waals surface area contributed by atoms with Gasteiger partial charge in [0.1, 0.15) is 23.2 Å². The molecule has 0 aliphatic heterocycles. The number of hydrogen-bond donors (Lipinski definition) is 2. The number of aliphatic carboxylic acids is 1. The van der Waals surface area contributed by atoms with E-state index in [2.05, 4.69) is 4.98 Å². The van der Waals surface area contributed by atoms with E-state index in [0.29, 0.717) is 28.1 Å². The molecule has 134 valence electrons. The van der Waals surface area contributed by atoms with Crippen LogP contribution in [0, 0.1) is 17.1 Å². The van der Waals surface area contributed by atoms with Crippen LogP contribution in [0.5, 0.6) is 5.75 Å². The minimum Gasteiger partial charge on any atom is -0.482 e. The van der Waals surface area contributed by atoms with Gasteiger partial charge in [-0.15, -0.1) is 0 Å². The lowest BCUT2D eigenvalue weighted by Gasteiger charge is -2.09. The summed E-state index contributed by atoms with van der Waals surface area (Å²) < 4.78 is 18.3. The first-order valence-electron chi connectivity index (χ1n) is 7.86. The summed E-state index contributed by atoms with van der Waals surface area (Å²) >= 11 is 0. The van der Waals surface area contributed by atoms with Crippen LogP contribution in [-0.2, 0) is 4.79 Å². The van der Waals surface area contributed by atoms with E-state index in [1.807, 2.05) is 6.07 Å². The van der Waals surface area contributed by atoms with Gasteiger partial charge in [0.15, 0.2) is 6.61 Å². The standard InChI is InChI=1S/C20H13FN2O4/c21-14-5-1-12(2-6-14)16-9-18(23-20(26)17(16)10-22)13-3-7-15(8-4-13)27-11-19(24)25/h1-9H,11H2,(H,23,26)(H,24,25). The fraction of sp³-hybridized carbons (Fsp3) is 0.0500. The molecule has 3 aromatic rings. The maximum absolute atomic E-state index is 13.2. The number of H-pyrrole nitrogens is 1. The van der Waals surface area contributed by atoms with Crippen molar-refractivity contribution < 1.29 is 19.0 Å². The average molecular weight is 364 g/mol. The number of nitrogens with one attached hydrogen (secondary N) is 1. The lowest BCUT2D eigenvalue weighted by Crippen LogP contribution is -2.12. The molecule has 1 aromatic heterocycles. The van der Waals surface area contributed by atoms with Crippen LogP contribution in [0.3, 0.4) is 0 Å². The molecule has 0 unspecified atom stereocenters. The number of nitrogens with zero attached hydrogens (tertiary/aromatic N) is 1. The number of rotatable bonds is 5. The molecule has 6 nitrogen and oxygen atoms in total. The largest absolute Gasteiger partial charge is 0.482 e. The van der Waals surface area contributed by atoms with Gasteiger partial charge in [-0.1, -0.05) is 12.1 Å². The minimum absolute atomic E-state index is 0.0632. The van der Waals surface area contributed by atoms with Crippen molar-refractivity contribution in [3.63, 3.8) is 0 Å². The molecule has 3 rings (SSSR count). The third kappa shape index (κ3) is 4.02. The molecular formula is C20H13FN2O4. The zero-order valence-corrected chi connectivity index (χ0v) is 13.9. The molecule has 0 fully saturated rings. The van der Waals surface area contributed by atoms with Gasteiger partial charge in [0, 0.05) is 11.3 Å². The number of pyridine rings is 1. The Hall–Kier alpha value is -3.92. The highest BCUT2D eigenvalue weighted by Crippen LogP contribution is 2.27. The maximum atomic E-state index is 13.2. The fourth-order valence-electron chi connectivity index (χ4n) is 2.56. The molecule has 0 saturated carbocycles. The quantitative estimate of drug-likeness (QED) is 0.724. The molecule has 0 saturated heterocycles. The molecule has 27 heavy (non-hydrogen) atoms. The second-order valence-electron chi connectivity index (χ2n) is 5.63. The van der Waals surface area contributed by atoms with Crippen LogP contribution in [-0.4, -0.2) is 22.7 Å². The molecule has 2 N–H and O–H groups in total. The molecule has 0 aliphatic carbocycles. The number of ether oxygens (including phenoxy) is 1. The molecule has 0 radical (unpaired) electrons. The van der Waals surface area contributed by atoms with Crippen molar-refractivity contribution in [3.05, 3.63) is 76.3 Å². The Morgan fingerprint density at radius 2 is 1.74 bits per heavy atom. The number of carboxylic acid groups (broad SMARTS) is 1. The van der Waals surface area contributed by atoms with Crippen molar-refractivity contribution in [3.8, 4) is 34.2 Å². The Balaban J connectivity index is 2.02. The molecule has 1 heterocycles. The molecule has 2 aromatic carbocycles. The van der Waals surface area contributed by atoms with Crippen molar-refractivity contribution in [2.75, 3.05) is 6.61 Å². The number of carboxylic acids is 1. The number of benzene rings is 2. The smallest absolute Gasteiger partial charge is 0.341 e. The Bertz CT molecular complexity index is 1080. The SMILES string of the molecule is N#Cc1c(-c2ccc(F)cc2)cc(-c2ccc(OCC(=O)O)cc2)[nH]c1=O. The van der Waals surface area contributed by atoms with E-state index >= 15 is 0 Å². The van der Waals surface area contributed by atoms with Crippen LogP contribution in [0.1, 0.15) is 5.56 Å². The van der Waals surface area contributed by atoms with Crippen LogP contribution in [0.25, 0.3) is 22.4 Å². The molecule has 0 aliphatic rings.